The molecule has 29 heavy (non-hydrogen) atoms. The lowest BCUT2D eigenvalue weighted by molar-refractivity contribution is -0.122. The number of carbonyl (C=O) groups excluding carboxylic acids is 2. The Balaban J connectivity index is 1.66. The summed E-state index contributed by atoms with van der Waals surface area (Å²) in [5, 5.41) is 5.96. The maximum atomic E-state index is 12.8. The Kier molecular flexibility index (Phi) is 6.91. The largest absolute Gasteiger partial charge is 0.481 e. The molecule has 2 aromatic carbocycles. The molecule has 1 saturated carbocycles. The average molecular weight is 395 g/mol. The van der Waals surface area contributed by atoms with Crippen LogP contribution in [0.3, 0.4) is 0 Å². The maximum absolute atomic E-state index is 12.8. The second-order valence-electron chi connectivity index (χ2n) is 7.93. The van der Waals surface area contributed by atoms with Crippen LogP contribution in [0.4, 0.5) is 5.69 Å². The molecule has 1 fully saturated rings. The standard InChI is InChI=1S/C24H30N2O3/c1-16-13-17(2)15-20(14-16)29-18(3)23(27)26-22-12-8-7-11-21(22)24(28)25-19-9-5-4-6-10-19/h7-8,11-15,18-19H,4-6,9-10H2,1-3H3,(H,25,28)(H,26,27)/t18-/m1/s1. The molecule has 0 heterocycles. The van der Waals surface area contributed by atoms with Crippen LogP contribution in [-0.2, 0) is 4.79 Å². The van der Waals surface area contributed by atoms with Crippen molar-refractivity contribution in [2.45, 2.75) is 65.0 Å². The summed E-state index contributed by atoms with van der Waals surface area (Å²) in [4.78, 5) is 25.4. The summed E-state index contributed by atoms with van der Waals surface area (Å²) >= 11 is 0. The second-order valence-corrected chi connectivity index (χ2v) is 7.93. The minimum Gasteiger partial charge on any atom is -0.481 e. The summed E-state index contributed by atoms with van der Waals surface area (Å²) in [7, 11) is 0. The van der Waals surface area contributed by atoms with Gasteiger partial charge in [0.1, 0.15) is 5.75 Å². The highest BCUT2D eigenvalue weighted by Gasteiger charge is 2.21. The fourth-order valence-electron chi connectivity index (χ4n) is 3.79. The van der Waals surface area contributed by atoms with Gasteiger partial charge in [0.2, 0.25) is 0 Å². The normalized spacial score (nSPS) is 15.4. The van der Waals surface area contributed by atoms with Gasteiger partial charge >= 0.3 is 0 Å². The van der Waals surface area contributed by atoms with E-state index in [1.807, 2.05) is 32.0 Å². The van der Waals surface area contributed by atoms with Crippen molar-refractivity contribution < 1.29 is 14.3 Å². The molecule has 0 unspecified atom stereocenters. The fraction of sp³-hybridized carbons (Fsp3) is 0.417. The molecular formula is C24H30N2O3. The third kappa shape index (κ3) is 5.83. The lowest BCUT2D eigenvalue weighted by atomic mass is 9.95. The van der Waals surface area contributed by atoms with Gasteiger partial charge in [0, 0.05) is 6.04 Å². The van der Waals surface area contributed by atoms with Gasteiger partial charge < -0.3 is 15.4 Å². The molecule has 0 bridgehead atoms. The molecule has 1 aliphatic carbocycles. The molecule has 1 aliphatic rings. The van der Waals surface area contributed by atoms with E-state index < -0.39 is 6.10 Å². The Morgan fingerprint density at radius 1 is 1.00 bits per heavy atom. The predicted molar refractivity (Wildman–Crippen MR) is 115 cm³/mol. The number of benzene rings is 2. The minimum absolute atomic E-state index is 0.143. The Bertz CT molecular complexity index is 852. The number of amides is 2. The first-order valence-electron chi connectivity index (χ1n) is 10.4. The SMILES string of the molecule is Cc1cc(C)cc(O[C@H](C)C(=O)Nc2ccccc2C(=O)NC2CCCCC2)c1. The zero-order valence-corrected chi connectivity index (χ0v) is 17.5. The highest BCUT2D eigenvalue weighted by Crippen LogP contribution is 2.21. The van der Waals surface area contributed by atoms with Gasteiger partial charge in [-0.05, 0) is 69.0 Å². The molecule has 0 aliphatic heterocycles. The summed E-state index contributed by atoms with van der Waals surface area (Å²) in [5.41, 5.74) is 3.14. The number of aryl methyl sites for hydroxylation is 2. The van der Waals surface area contributed by atoms with Gasteiger partial charge in [-0.1, -0.05) is 37.5 Å². The summed E-state index contributed by atoms with van der Waals surface area (Å²) in [6.07, 6.45) is 4.87. The van der Waals surface area contributed by atoms with Crippen molar-refractivity contribution in [3.05, 3.63) is 59.2 Å². The van der Waals surface area contributed by atoms with Gasteiger partial charge in [-0.15, -0.1) is 0 Å². The molecule has 154 valence electrons. The van der Waals surface area contributed by atoms with Crippen molar-refractivity contribution in [2.24, 2.45) is 0 Å². The van der Waals surface area contributed by atoms with Crippen molar-refractivity contribution in [3.63, 3.8) is 0 Å². The smallest absolute Gasteiger partial charge is 0.265 e. The molecule has 1 atom stereocenters. The Hall–Kier alpha value is -2.82. The molecule has 3 rings (SSSR count). The third-order valence-corrected chi connectivity index (χ3v) is 5.25. The highest BCUT2D eigenvalue weighted by atomic mass is 16.5. The monoisotopic (exact) mass is 394 g/mol. The van der Waals surface area contributed by atoms with E-state index in [1.54, 1.807) is 25.1 Å². The van der Waals surface area contributed by atoms with Gasteiger partial charge in [0.25, 0.3) is 11.8 Å². The van der Waals surface area contributed by atoms with Crippen LogP contribution in [0.2, 0.25) is 0 Å². The molecular weight excluding hydrogens is 364 g/mol. The van der Waals surface area contributed by atoms with Gasteiger partial charge in [-0.3, -0.25) is 9.59 Å². The fourth-order valence-corrected chi connectivity index (χ4v) is 3.79. The molecule has 5 heteroatoms. The number of rotatable bonds is 6. The van der Waals surface area contributed by atoms with Crippen molar-refractivity contribution in [1.82, 2.24) is 5.32 Å². The first-order chi connectivity index (χ1) is 13.9. The summed E-state index contributed by atoms with van der Waals surface area (Å²) < 4.78 is 5.82. The van der Waals surface area contributed by atoms with Crippen LogP contribution in [0.1, 0.15) is 60.5 Å². The van der Waals surface area contributed by atoms with E-state index in [0.29, 0.717) is 17.0 Å². The molecule has 0 aromatic heterocycles. The summed E-state index contributed by atoms with van der Waals surface area (Å²) in [5.74, 6) is 0.228. The molecule has 0 saturated heterocycles. The number of nitrogens with one attached hydrogen (secondary N) is 2. The molecule has 5 nitrogen and oxygen atoms in total. The molecule has 0 spiro atoms. The zero-order chi connectivity index (χ0) is 20.8. The van der Waals surface area contributed by atoms with E-state index in [4.69, 9.17) is 4.74 Å². The lowest BCUT2D eigenvalue weighted by Gasteiger charge is -2.23. The Morgan fingerprint density at radius 2 is 1.66 bits per heavy atom. The predicted octanol–water partition coefficient (Wildman–Crippen LogP) is 4.77. The minimum atomic E-state index is -0.689. The van der Waals surface area contributed by atoms with Crippen molar-refractivity contribution in [3.8, 4) is 5.75 Å². The quantitative estimate of drug-likeness (QED) is 0.741. The molecule has 2 aromatic rings. The van der Waals surface area contributed by atoms with Crippen LogP contribution in [0.5, 0.6) is 5.75 Å². The summed E-state index contributed by atoms with van der Waals surface area (Å²) in [6, 6.07) is 13.2. The van der Waals surface area contributed by atoms with Gasteiger partial charge in [-0.2, -0.15) is 0 Å². The number of hydrogen-bond donors (Lipinski definition) is 2. The highest BCUT2D eigenvalue weighted by molar-refractivity contribution is 6.04. The molecule has 0 radical (unpaired) electrons. The topological polar surface area (TPSA) is 67.4 Å². The Labute approximate surface area is 172 Å². The lowest BCUT2D eigenvalue weighted by Crippen LogP contribution is -2.37. The van der Waals surface area contributed by atoms with Crippen molar-refractivity contribution in [1.29, 1.82) is 0 Å². The van der Waals surface area contributed by atoms with Crippen LogP contribution < -0.4 is 15.4 Å². The van der Waals surface area contributed by atoms with Gasteiger partial charge in [-0.25, -0.2) is 0 Å². The molecule has 2 amide bonds. The maximum Gasteiger partial charge on any atom is 0.265 e. The van der Waals surface area contributed by atoms with Gasteiger partial charge in [0.15, 0.2) is 6.10 Å². The first kappa shape index (κ1) is 20.9. The van der Waals surface area contributed by atoms with Crippen LogP contribution in [0, 0.1) is 13.8 Å². The van der Waals surface area contributed by atoms with Crippen LogP contribution in [0.15, 0.2) is 42.5 Å². The number of anilines is 1. The van der Waals surface area contributed by atoms with Crippen LogP contribution in [0.25, 0.3) is 0 Å². The number of para-hydroxylation sites is 1. The van der Waals surface area contributed by atoms with E-state index in [1.165, 1.54) is 6.42 Å². The molecule has 2 N–H and O–H groups in total. The van der Waals surface area contributed by atoms with Crippen molar-refractivity contribution in [2.75, 3.05) is 5.32 Å². The van der Waals surface area contributed by atoms with Gasteiger partial charge in [0.05, 0.1) is 11.3 Å². The van der Waals surface area contributed by atoms with E-state index in [9.17, 15) is 9.59 Å². The average Bonchev–Trinajstić information content (AvgIpc) is 2.68. The number of ether oxygens (including phenoxy) is 1. The van der Waals surface area contributed by atoms with E-state index in [-0.39, 0.29) is 17.9 Å². The Morgan fingerprint density at radius 3 is 2.34 bits per heavy atom. The van der Waals surface area contributed by atoms with E-state index in [0.717, 1.165) is 36.8 Å². The third-order valence-electron chi connectivity index (χ3n) is 5.25. The van der Waals surface area contributed by atoms with E-state index >= 15 is 0 Å². The number of hydrogen-bond acceptors (Lipinski definition) is 3. The van der Waals surface area contributed by atoms with Crippen LogP contribution >= 0.6 is 0 Å². The van der Waals surface area contributed by atoms with Crippen molar-refractivity contribution >= 4 is 17.5 Å². The summed E-state index contributed by atoms with van der Waals surface area (Å²) in [6.45, 7) is 5.69. The van der Waals surface area contributed by atoms with E-state index in [2.05, 4.69) is 16.7 Å². The number of carbonyl (C=O) groups is 2. The van der Waals surface area contributed by atoms with Crippen LogP contribution in [-0.4, -0.2) is 24.0 Å². The zero-order valence-electron chi connectivity index (χ0n) is 17.5. The first-order valence-corrected chi connectivity index (χ1v) is 10.4. The second kappa shape index (κ2) is 9.59.